The van der Waals surface area contributed by atoms with Crippen LogP contribution in [0.2, 0.25) is 0 Å². The molecule has 0 aliphatic carbocycles. The summed E-state index contributed by atoms with van der Waals surface area (Å²) in [6.07, 6.45) is -1.11. The molecule has 0 radical (unpaired) electrons. The van der Waals surface area contributed by atoms with E-state index in [9.17, 15) is 18.0 Å². The van der Waals surface area contributed by atoms with Gasteiger partial charge in [0.15, 0.2) is 11.5 Å². The molecule has 0 spiro atoms. The molecule has 0 bridgehead atoms. The molecule has 0 aromatic heterocycles. The normalized spacial score (nSPS) is 11.5. The Hall–Kier alpha value is -2.18. The van der Waals surface area contributed by atoms with Crippen molar-refractivity contribution in [3.8, 4) is 11.5 Å². The van der Waals surface area contributed by atoms with Gasteiger partial charge in [-0.25, -0.2) is 0 Å². The molecule has 4 nitrogen and oxygen atoms in total. The van der Waals surface area contributed by atoms with Gasteiger partial charge < -0.3 is 14.8 Å². The van der Waals surface area contributed by atoms with Gasteiger partial charge in [0, 0.05) is 6.08 Å². The Balaban J connectivity index is 2.74. The number of hydrogen-bond donors (Lipinski definition) is 1. The van der Waals surface area contributed by atoms with Crippen LogP contribution < -0.4 is 14.8 Å². The zero-order valence-electron chi connectivity index (χ0n) is 13.1. The smallest absolute Gasteiger partial charge is 0.405 e. The van der Waals surface area contributed by atoms with E-state index in [1.807, 2.05) is 13.8 Å². The molecule has 0 heterocycles. The molecule has 1 aromatic rings. The molecule has 0 saturated carbocycles. The highest BCUT2D eigenvalue weighted by Crippen LogP contribution is 2.29. The summed E-state index contributed by atoms with van der Waals surface area (Å²) < 4.78 is 47.0. The molecule has 0 saturated heterocycles. The van der Waals surface area contributed by atoms with Gasteiger partial charge in [-0.15, -0.1) is 0 Å². The van der Waals surface area contributed by atoms with Crippen molar-refractivity contribution in [3.63, 3.8) is 0 Å². The topological polar surface area (TPSA) is 47.6 Å². The standard InChI is InChI=1S/C16H20F3NO3/c1-3-9-23-13-7-5-12(10-14(13)22-4-2)6-8-15(21)20-11-16(17,18)19/h5-8,10H,3-4,9,11H2,1-2H3,(H,20,21). The highest BCUT2D eigenvalue weighted by atomic mass is 19.4. The Kier molecular flexibility index (Phi) is 7.44. The average molecular weight is 331 g/mol. The summed E-state index contributed by atoms with van der Waals surface area (Å²) in [5.74, 6) is 0.303. The van der Waals surface area contributed by atoms with Crippen molar-refractivity contribution >= 4 is 12.0 Å². The van der Waals surface area contributed by atoms with Crippen molar-refractivity contribution in [2.24, 2.45) is 0 Å². The van der Waals surface area contributed by atoms with Crippen molar-refractivity contribution in [2.75, 3.05) is 19.8 Å². The van der Waals surface area contributed by atoms with E-state index in [4.69, 9.17) is 9.47 Å². The number of carbonyl (C=O) groups is 1. The van der Waals surface area contributed by atoms with Crippen LogP contribution in [-0.4, -0.2) is 31.8 Å². The van der Waals surface area contributed by atoms with Crippen LogP contribution in [0.15, 0.2) is 24.3 Å². The third kappa shape index (κ3) is 7.58. The SMILES string of the molecule is CCCOc1ccc(C=CC(=O)NCC(F)(F)F)cc1OCC. The quantitative estimate of drug-likeness (QED) is 0.741. The monoisotopic (exact) mass is 331 g/mol. The lowest BCUT2D eigenvalue weighted by Crippen LogP contribution is -2.32. The molecule has 1 aromatic carbocycles. The van der Waals surface area contributed by atoms with Gasteiger partial charge >= 0.3 is 6.18 Å². The fourth-order valence-electron chi connectivity index (χ4n) is 1.65. The Morgan fingerprint density at radius 1 is 1.22 bits per heavy atom. The predicted molar refractivity (Wildman–Crippen MR) is 81.5 cm³/mol. The molecule has 0 aliphatic rings. The summed E-state index contributed by atoms with van der Waals surface area (Å²) in [5, 5.41) is 1.77. The highest BCUT2D eigenvalue weighted by Gasteiger charge is 2.27. The first-order valence-electron chi connectivity index (χ1n) is 7.28. The van der Waals surface area contributed by atoms with E-state index < -0.39 is 18.6 Å². The maximum atomic E-state index is 12.0. The molecule has 1 N–H and O–H groups in total. The Labute approximate surface area is 133 Å². The predicted octanol–water partition coefficient (Wildman–Crippen LogP) is 3.57. The van der Waals surface area contributed by atoms with Crippen LogP contribution in [0.3, 0.4) is 0 Å². The van der Waals surface area contributed by atoms with Gasteiger partial charge in [-0.2, -0.15) is 13.2 Å². The second-order valence-corrected chi connectivity index (χ2v) is 4.65. The number of alkyl halides is 3. The summed E-state index contributed by atoms with van der Waals surface area (Å²) in [6, 6.07) is 5.07. The number of hydrogen-bond acceptors (Lipinski definition) is 3. The van der Waals surface area contributed by atoms with E-state index in [0.29, 0.717) is 30.3 Å². The molecule has 0 unspecified atom stereocenters. The van der Waals surface area contributed by atoms with E-state index in [2.05, 4.69) is 0 Å². The lowest BCUT2D eigenvalue weighted by Gasteiger charge is -2.12. The van der Waals surface area contributed by atoms with E-state index in [-0.39, 0.29) is 0 Å². The number of benzene rings is 1. The first-order chi connectivity index (χ1) is 10.9. The van der Waals surface area contributed by atoms with Crippen molar-refractivity contribution < 1.29 is 27.4 Å². The Morgan fingerprint density at radius 2 is 1.96 bits per heavy atom. The Morgan fingerprint density at radius 3 is 2.57 bits per heavy atom. The maximum Gasteiger partial charge on any atom is 0.405 e. The van der Waals surface area contributed by atoms with Crippen LogP contribution in [0.5, 0.6) is 11.5 Å². The van der Waals surface area contributed by atoms with E-state index in [1.54, 1.807) is 23.5 Å². The average Bonchev–Trinajstić information content (AvgIpc) is 2.49. The lowest BCUT2D eigenvalue weighted by atomic mass is 10.2. The van der Waals surface area contributed by atoms with Crippen LogP contribution in [0.1, 0.15) is 25.8 Å². The molecular formula is C16H20F3NO3. The summed E-state index contributed by atoms with van der Waals surface area (Å²) in [5.41, 5.74) is 0.624. The van der Waals surface area contributed by atoms with Crippen molar-refractivity contribution in [1.82, 2.24) is 5.32 Å². The van der Waals surface area contributed by atoms with Gasteiger partial charge in [0.2, 0.25) is 5.91 Å². The van der Waals surface area contributed by atoms with Gasteiger partial charge in [-0.05, 0) is 37.1 Å². The summed E-state index contributed by atoms with van der Waals surface area (Å²) in [7, 11) is 0. The largest absolute Gasteiger partial charge is 0.490 e. The minimum absolute atomic E-state index is 0.446. The van der Waals surface area contributed by atoms with Crippen molar-refractivity contribution in [3.05, 3.63) is 29.8 Å². The summed E-state index contributed by atoms with van der Waals surface area (Å²) in [6.45, 7) is 3.45. The van der Waals surface area contributed by atoms with E-state index >= 15 is 0 Å². The summed E-state index contributed by atoms with van der Waals surface area (Å²) in [4.78, 5) is 11.3. The molecule has 0 aliphatic heterocycles. The van der Waals surface area contributed by atoms with Crippen LogP contribution in [0.4, 0.5) is 13.2 Å². The number of carbonyl (C=O) groups excluding carboxylic acids is 1. The van der Waals surface area contributed by atoms with Gasteiger partial charge in [-0.1, -0.05) is 13.0 Å². The Bertz CT molecular complexity index is 542. The molecule has 23 heavy (non-hydrogen) atoms. The molecule has 0 fully saturated rings. The minimum atomic E-state index is -4.43. The maximum absolute atomic E-state index is 12.0. The molecule has 128 valence electrons. The van der Waals surface area contributed by atoms with Gasteiger partial charge in [0.05, 0.1) is 13.2 Å². The second kappa shape index (κ2) is 9.07. The molecule has 0 atom stereocenters. The van der Waals surface area contributed by atoms with Crippen molar-refractivity contribution in [1.29, 1.82) is 0 Å². The van der Waals surface area contributed by atoms with Crippen LogP contribution in [0, 0.1) is 0 Å². The minimum Gasteiger partial charge on any atom is -0.490 e. The third-order valence-corrected chi connectivity index (χ3v) is 2.62. The number of rotatable bonds is 8. The fraction of sp³-hybridized carbons (Fsp3) is 0.438. The zero-order valence-corrected chi connectivity index (χ0v) is 13.1. The molecule has 7 heteroatoms. The van der Waals surface area contributed by atoms with E-state index in [0.717, 1.165) is 12.5 Å². The zero-order chi connectivity index (χ0) is 17.3. The lowest BCUT2D eigenvalue weighted by molar-refractivity contribution is -0.135. The highest BCUT2D eigenvalue weighted by molar-refractivity contribution is 5.91. The van der Waals surface area contributed by atoms with E-state index in [1.165, 1.54) is 6.08 Å². The van der Waals surface area contributed by atoms with Crippen LogP contribution >= 0.6 is 0 Å². The second-order valence-electron chi connectivity index (χ2n) is 4.65. The first kappa shape index (κ1) is 18.9. The van der Waals surface area contributed by atoms with Crippen LogP contribution in [0.25, 0.3) is 6.08 Å². The fourth-order valence-corrected chi connectivity index (χ4v) is 1.65. The number of ether oxygens (including phenoxy) is 2. The van der Waals surface area contributed by atoms with Crippen LogP contribution in [-0.2, 0) is 4.79 Å². The number of nitrogens with one attached hydrogen (secondary N) is 1. The molecular weight excluding hydrogens is 311 g/mol. The van der Waals surface area contributed by atoms with Crippen molar-refractivity contribution in [2.45, 2.75) is 26.4 Å². The van der Waals surface area contributed by atoms with Gasteiger partial charge in [0.1, 0.15) is 6.54 Å². The first-order valence-corrected chi connectivity index (χ1v) is 7.28. The third-order valence-electron chi connectivity index (χ3n) is 2.62. The molecule has 1 rings (SSSR count). The summed E-state index contributed by atoms with van der Waals surface area (Å²) >= 11 is 0. The molecule has 1 amide bonds. The number of halogens is 3. The number of amides is 1. The van der Waals surface area contributed by atoms with Gasteiger partial charge in [0.25, 0.3) is 0 Å². The van der Waals surface area contributed by atoms with Gasteiger partial charge in [-0.3, -0.25) is 4.79 Å².